The molecule has 15 rings (SSSR count). The predicted molar refractivity (Wildman–Crippen MR) is 492 cm³/mol. The highest BCUT2D eigenvalue weighted by atomic mass is 35.5. The molecular weight excluding hydrogens is 1670 g/mol. The van der Waals surface area contributed by atoms with Crippen LogP contribution in [0.4, 0.5) is 35.9 Å². The highest BCUT2D eigenvalue weighted by Crippen LogP contribution is 2.34. The quantitative estimate of drug-likeness (QED) is 0.0188. The fourth-order valence-electron chi connectivity index (χ4n) is 12.9. The van der Waals surface area contributed by atoms with Gasteiger partial charge in [-0.2, -0.15) is 13.2 Å². The lowest BCUT2D eigenvalue weighted by Crippen LogP contribution is -2.23. The van der Waals surface area contributed by atoms with Gasteiger partial charge in [-0.3, -0.25) is 59.1 Å². The van der Waals surface area contributed by atoms with Crippen molar-refractivity contribution in [2.24, 2.45) is 42.9 Å². The molecule has 0 spiro atoms. The van der Waals surface area contributed by atoms with Gasteiger partial charge in [-0.25, -0.2) is 4.98 Å². The molecule has 13 aromatic rings. The van der Waals surface area contributed by atoms with E-state index in [9.17, 15) is 32.3 Å². The van der Waals surface area contributed by atoms with E-state index < -0.39 is 18.6 Å². The second kappa shape index (κ2) is 44.8. The number of amidine groups is 4. The fraction of sp³-hybridized carbons (Fsp3) is 0.160. The number of nitrogens with two attached hydrogens (primary N) is 4. The number of halogens is 7. The number of alkyl halides is 3. The predicted octanol–water partition coefficient (Wildman–Crippen LogP) is 18.3. The first-order valence-corrected chi connectivity index (χ1v) is 41.1. The van der Waals surface area contributed by atoms with Crippen molar-refractivity contribution in [2.75, 3.05) is 60.6 Å². The van der Waals surface area contributed by atoms with Gasteiger partial charge >= 0.3 is 6.18 Å². The number of pyridine rings is 4. The largest absolute Gasteiger partial charge is 0.408 e. The van der Waals surface area contributed by atoms with Crippen molar-refractivity contribution in [1.82, 2.24) is 35.2 Å². The first-order valence-electron chi connectivity index (χ1n) is 39.6. The van der Waals surface area contributed by atoms with Crippen molar-refractivity contribution in [2.45, 2.75) is 56.8 Å². The summed E-state index contributed by atoms with van der Waals surface area (Å²) in [4.78, 5) is 91.5. The van der Waals surface area contributed by atoms with Gasteiger partial charge < -0.3 is 59.2 Å². The van der Waals surface area contributed by atoms with Gasteiger partial charge in [-0.1, -0.05) is 119 Å². The van der Waals surface area contributed by atoms with Gasteiger partial charge in [-0.05, 0) is 209 Å². The minimum absolute atomic E-state index is 0.152. The summed E-state index contributed by atoms with van der Waals surface area (Å²) >= 11 is 25.2. The van der Waals surface area contributed by atoms with Crippen LogP contribution < -0.4 is 49.5 Å². The van der Waals surface area contributed by atoms with E-state index in [1.54, 1.807) is 171 Å². The van der Waals surface area contributed by atoms with Crippen LogP contribution in [0.25, 0.3) is 45.0 Å². The van der Waals surface area contributed by atoms with E-state index in [2.05, 4.69) is 76.5 Å². The summed E-state index contributed by atoms with van der Waals surface area (Å²) in [6, 6.07) is 70.7. The van der Waals surface area contributed by atoms with Crippen LogP contribution in [0.5, 0.6) is 0 Å². The molecule has 5 aromatic heterocycles. The zero-order valence-corrected chi connectivity index (χ0v) is 70.2. The summed E-state index contributed by atoms with van der Waals surface area (Å²) in [7, 11) is 0. The Morgan fingerprint density at radius 3 is 1.07 bits per heavy atom. The lowest BCUT2D eigenvalue weighted by atomic mass is 10.1. The van der Waals surface area contributed by atoms with Crippen molar-refractivity contribution in [3.05, 3.63) is 350 Å². The Bertz CT molecular complexity index is 5920. The summed E-state index contributed by atoms with van der Waals surface area (Å²) < 4.78 is 42.3. The number of aliphatic imine (C=N–C) groups is 4. The number of carbonyl (C=O) groups excluding carboxylic acids is 4. The number of ether oxygens (including phenoxy) is 1. The average Bonchev–Trinajstić information content (AvgIpc) is 1.01. The van der Waals surface area contributed by atoms with Crippen LogP contribution in [0, 0.1) is 0 Å². The lowest BCUT2D eigenvalue weighted by Gasteiger charge is -2.10. The topological polar surface area (TPSA) is 371 Å². The monoisotopic (exact) mass is 1760 g/mol. The van der Waals surface area contributed by atoms with E-state index in [0.29, 0.717) is 125 Å². The van der Waals surface area contributed by atoms with Crippen LogP contribution in [0.2, 0.25) is 20.1 Å². The van der Waals surface area contributed by atoms with Gasteiger partial charge in [0.05, 0.1) is 61.8 Å². The van der Waals surface area contributed by atoms with Crippen LogP contribution >= 0.6 is 46.4 Å². The maximum Gasteiger partial charge on any atom is 0.408 e. The third-order valence-electron chi connectivity index (χ3n) is 19.5. The number of rotatable bonds is 25. The van der Waals surface area contributed by atoms with Crippen LogP contribution in [0.1, 0.15) is 101 Å². The van der Waals surface area contributed by atoms with Gasteiger partial charge in [0.1, 0.15) is 29.9 Å². The highest BCUT2D eigenvalue weighted by Gasteiger charge is 2.27. The molecular formula is C94H86Cl4F3N19O5. The van der Waals surface area contributed by atoms with E-state index >= 15 is 0 Å². The number of amides is 4. The molecule has 0 bridgehead atoms. The van der Waals surface area contributed by atoms with E-state index in [-0.39, 0.29) is 29.7 Å². The molecule has 0 saturated carbocycles. The first-order chi connectivity index (χ1) is 60.5. The van der Waals surface area contributed by atoms with Crippen LogP contribution in [-0.2, 0) is 11.2 Å². The molecule has 0 aliphatic carbocycles. The maximum atomic E-state index is 12.7. The third-order valence-corrected chi connectivity index (χ3v) is 20.8. The number of benzene rings is 8. The molecule has 2 atom stereocenters. The second-order valence-electron chi connectivity index (χ2n) is 28.4. The number of nitrogens with one attached hydrogen (secondary N) is 6. The SMILES string of the molecule is NC(=NCC(F)(F)F)c1ccc(C(=O)Nc2ccc(Cl)c(-c3ccccn3)c2)cc1.NC(=NCC1CCCO1)c1ccc(C(=O)Nc2ccc(Cl)c(-c3ccccn3)c2)cc1.NC(=NCCC1CCCN1)c1ccc(C(=O)Nc2ccc(Cl)c(-c3ccccn3)c2)cc1.NC(=NCCc1cnc[nH]1)c1ccc(C(=O)Nc2ccc(Cl)c(-c3ccccn3)c2)cc1. The van der Waals surface area contributed by atoms with Gasteiger partial charge in [0.25, 0.3) is 23.6 Å². The van der Waals surface area contributed by atoms with Crippen LogP contribution in [0.15, 0.2) is 300 Å². The third kappa shape index (κ3) is 27.1. The molecule has 0 radical (unpaired) electrons. The summed E-state index contributed by atoms with van der Waals surface area (Å²) in [6.45, 7) is 2.32. The van der Waals surface area contributed by atoms with Crippen molar-refractivity contribution in [1.29, 1.82) is 0 Å². The smallest absolute Gasteiger partial charge is 0.384 e. The Balaban J connectivity index is 0.000000152. The molecule has 2 aliphatic rings. The molecule has 4 amide bonds. The number of imidazole rings is 1. The molecule has 2 aliphatic heterocycles. The number of aromatic amines is 1. The molecule has 24 nitrogen and oxygen atoms in total. The first kappa shape index (κ1) is 90.4. The number of nitrogens with zero attached hydrogens (tertiary/aromatic N) is 9. The zero-order chi connectivity index (χ0) is 88.0. The van der Waals surface area contributed by atoms with Crippen molar-refractivity contribution >= 4 is 116 Å². The molecule has 2 fully saturated rings. The van der Waals surface area contributed by atoms with Crippen molar-refractivity contribution < 1.29 is 37.1 Å². The number of H-pyrrole nitrogens is 1. The van der Waals surface area contributed by atoms with Gasteiger partial charge in [0.2, 0.25) is 0 Å². The number of anilines is 4. The van der Waals surface area contributed by atoms with Gasteiger partial charge in [-0.15, -0.1) is 0 Å². The standard InChI is InChI=1S/C25H26ClN5O.C24H21ClN6O.C24H23ClN4O2.C21H16ClF3N4O/c26-22-11-10-20(16-21(22)23-5-1-2-13-29-23)31-25(32)18-8-6-17(7-9-18)24(27)30-15-12-19-4-3-14-28-19;25-21-9-8-18(13-20(21)22-3-1-2-11-28-22)31-24(32)17-6-4-16(5-7-17)23(26)29-12-10-19-14-27-15-30-19;25-21-11-10-18(14-20(21)22-5-1-2-12-27-22)29-24(30)17-8-6-16(7-9-17)23(26)28-15-19-4-3-13-31-19;22-17-9-8-15(11-16(17)18-3-1-2-10-27-18)29-20(30)14-6-4-13(5-7-14)19(26)28-12-21(23,24)25/h1-2,5-11,13,16,19,28H,3-4,12,14-15H2,(H2,27,30)(H,31,32);1-9,11,13-15H,10,12H2,(H2,26,29)(H,27,30)(H,31,32);1-2,5-12,14,19H,3-4,13,15H2,(H2,26,28)(H,29,30);1-11H,12H2,(H2,26,28)(H,29,30). The molecule has 125 heavy (non-hydrogen) atoms. The van der Waals surface area contributed by atoms with E-state index in [1.807, 2.05) is 84.9 Å². The summed E-state index contributed by atoms with van der Waals surface area (Å²) in [5.41, 5.74) is 37.6. The molecule has 8 aromatic carbocycles. The Kier molecular flexibility index (Phi) is 32.4. The van der Waals surface area contributed by atoms with Crippen molar-refractivity contribution in [3.63, 3.8) is 0 Å². The summed E-state index contributed by atoms with van der Waals surface area (Å²) in [6.07, 6.45) is 12.1. The van der Waals surface area contributed by atoms with Gasteiger partial charge in [0, 0.05) is 158 Å². The fourth-order valence-corrected chi connectivity index (χ4v) is 13.7. The molecule has 2 unspecified atom stereocenters. The van der Waals surface area contributed by atoms with E-state index in [4.69, 9.17) is 74.1 Å². The number of carbonyl (C=O) groups is 4. The molecule has 636 valence electrons. The Morgan fingerprint density at radius 1 is 0.424 bits per heavy atom. The molecule has 31 heteroatoms. The minimum Gasteiger partial charge on any atom is -0.384 e. The lowest BCUT2D eigenvalue weighted by molar-refractivity contribution is -0.118. The second-order valence-corrected chi connectivity index (χ2v) is 30.0. The average molecular weight is 1760 g/mol. The Morgan fingerprint density at radius 2 is 0.768 bits per heavy atom. The number of hydrogen-bond donors (Lipinski definition) is 10. The van der Waals surface area contributed by atoms with Crippen molar-refractivity contribution in [3.8, 4) is 45.0 Å². The van der Waals surface area contributed by atoms with E-state index in [1.165, 1.54) is 37.1 Å². The maximum absolute atomic E-state index is 12.7. The minimum atomic E-state index is -4.43. The zero-order valence-electron chi connectivity index (χ0n) is 67.2. The Labute approximate surface area is 739 Å². The molecule has 14 N–H and O–H groups in total. The summed E-state index contributed by atoms with van der Waals surface area (Å²) in [5.74, 6) is 0.0330. The Hall–Kier alpha value is -13.8. The highest BCUT2D eigenvalue weighted by molar-refractivity contribution is 6.35. The number of aromatic nitrogens is 6. The van der Waals surface area contributed by atoms with Gasteiger partial charge in [0.15, 0.2) is 0 Å². The summed E-state index contributed by atoms with van der Waals surface area (Å²) in [5, 5.41) is 17.1. The number of hydrogen-bond acceptors (Lipinski definition) is 15. The van der Waals surface area contributed by atoms with Crippen LogP contribution in [-0.4, -0.2) is 135 Å². The van der Waals surface area contributed by atoms with E-state index in [0.717, 1.165) is 95.0 Å². The normalized spacial score (nSPS) is 13.9. The molecule has 2 saturated heterocycles. The van der Waals surface area contributed by atoms with Crippen LogP contribution in [0.3, 0.4) is 0 Å². The molecule has 7 heterocycles.